The van der Waals surface area contributed by atoms with Crippen LogP contribution >= 0.6 is 15.9 Å². The van der Waals surface area contributed by atoms with Gasteiger partial charge < -0.3 is 8.83 Å². The van der Waals surface area contributed by atoms with Crippen molar-refractivity contribution >= 4 is 22.2 Å². The number of carbonyl (C=O) groups excluding carboxylic acids is 1. The number of halogens is 1. The molecule has 0 unspecified atom stereocenters. The first-order chi connectivity index (χ1) is 9.24. The number of aromatic nitrogens is 5. The van der Waals surface area contributed by atoms with Crippen LogP contribution in [0.5, 0.6) is 0 Å². The van der Waals surface area contributed by atoms with Gasteiger partial charge in [0.15, 0.2) is 16.7 Å². The van der Waals surface area contributed by atoms with E-state index in [1.807, 2.05) is 0 Å². The van der Waals surface area contributed by atoms with E-state index in [4.69, 9.17) is 8.83 Å². The van der Waals surface area contributed by atoms with Gasteiger partial charge in [-0.2, -0.15) is 0 Å². The van der Waals surface area contributed by atoms with E-state index in [9.17, 15) is 4.79 Å². The van der Waals surface area contributed by atoms with Crippen molar-refractivity contribution in [2.45, 2.75) is 6.54 Å². The predicted molar refractivity (Wildman–Crippen MR) is 64.2 cm³/mol. The summed E-state index contributed by atoms with van der Waals surface area (Å²) in [5.41, 5.74) is 0.245. The minimum atomic E-state index is 0.232. The Labute approximate surface area is 114 Å². The molecule has 0 fully saturated rings. The number of hydrogen-bond acceptors (Lipinski definition) is 7. The molecule has 3 heterocycles. The van der Waals surface area contributed by atoms with Gasteiger partial charge in [0.05, 0.1) is 6.20 Å². The van der Waals surface area contributed by atoms with Gasteiger partial charge in [0.25, 0.3) is 5.89 Å². The second kappa shape index (κ2) is 4.76. The van der Waals surface area contributed by atoms with Gasteiger partial charge in [-0.25, -0.2) is 4.68 Å². The lowest BCUT2D eigenvalue weighted by Gasteiger charge is -1.92. The van der Waals surface area contributed by atoms with Gasteiger partial charge in [-0.3, -0.25) is 4.79 Å². The van der Waals surface area contributed by atoms with Crippen molar-refractivity contribution < 1.29 is 13.6 Å². The molecular formula is C10H6BrN5O3. The van der Waals surface area contributed by atoms with E-state index in [0.717, 1.165) is 0 Å². The van der Waals surface area contributed by atoms with E-state index in [2.05, 4.69) is 36.4 Å². The van der Waals surface area contributed by atoms with Gasteiger partial charge in [-0.05, 0) is 28.1 Å². The van der Waals surface area contributed by atoms with E-state index in [1.54, 1.807) is 12.1 Å². The molecule has 0 N–H and O–H groups in total. The summed E-state index contributed by atoms with van der Waals surface area (Å²) >= 11 is 3.19. The molecular weight excluding hydrogens is 318 g/mol. The first-order valence-corrected chi connectivity index (χ1v) is 5.97. The van der Waals surface area contributed by atoms with Crippen LogP contribution in [0.3, 0.4) is 0 Å². The second-order valence-electron chi connectivity index (χ2n) is 3.56. The molecule has 8 nitrogen and oxygen atoms in total. The molecule has 0 aromatic carbocycles. The van der Waals surface area contributed by atoms with E-state index in [1.165, 1.54) is 10.9 Å². The molecule has 0 aliphatic carbocycles. The highest BCUT2D eigenvalue weighted by Gasteiger charge is 2.13. The average molecular weight is 324 g/mol. The molecule has 0 amide bonds. The fourth-order valence-corrected chi connectivity index (χ4v) is 1.74. The van der Waals surface area contributed by atoms with Crippen molar-refractivity contribution in [3.63, 3.8) is 0 Å². The molecule has 3 aromatic rings. The number of nitrogens with zero attached hydrogens (tertiary/aromatic N) is 5. The smallest absolute Gasteiger partial charge is 0.283 e. The summed E-state index contributed by atoms with van der Waals surface area (Å²) in [5.74, 6) is 1.08. The third-order valence-electron chi connectivity index (χ3n) is 2.23. The maximum atomic E-state index is 10.5. The summed E-state index contributed by atoms with van der Waals surface area (Å²) in [6.07, 6.45) is 2.10. The zero-order chi connectivity index (χ0) is 13.2. The van der Waals surface area contributed by atoms with Crippen LogP contribution in [0.4, 0.5) is 0 Å². The van der Waals surface area contributed by atoms with Crippen molar-refractivity contribution in [1.29, 1.82) is 0 Å². The van der Waals surface area contributed by atoms with Gasteiger partial charge in [0.2, 0.25) is 5.89 Å². The summed E-state index contributed by atoms with van der Waals surface area (Å²) in [5, 5.41) is 15.1. The van der Waals surface area contributed by atoms with Crippen LogP contribution in [0.25, 0.3) is 11.7 Å². The Morgan fingerprint density at radius 1 is 1.26 bits per heavy atom. The Balaban J connectivity index is 1.79. The topological polar surface area (TPSA) is 99.8 Å². The molecule has 0 radical (unpaired) electrons. The van der Waals surface area contributed by atoms with Crippen molar-refractivity contribution in [2.75, 3.05) is 0 Å². The monoisotopic (exact) mass is 323 g/mol. The van der Waals surface area contributed by atoms with Crippen LogP contribution in [0.1, 0.15) is 16.4 Å². The van der Waals surface area contributed by atoms with Gasteiger partial charge in [-0.15, -0.1) is 15.3 Å². The fourth-order valence-electron chi connectivity index (χ4n) is 1.43. The number of rotatable bonds is 4. The summed E-state index contributed by atoms with van der Waals surface area (Å²) < 4.78 is 12.7. The molecule has 19 heavy (non-hydrogen) atoms. The summed E-state index contributed by atoms with van der Waals surface area (Å²) in [6, 6.07) is 3.44. The van der Waals surface area contributed by atoms with Crippen LogP contribution < -0.4 is 0 Å². The second-order valence-corrected chi connectivity index (χ2v) is 4.35. The van der Waals surface area contributed by atoms with E-state index in [-0.39, 0.29) is 18.1 Å². The largest absolute Gasteiger partial charge is 0.444 e. The minimum absolute atomic E-state index is 0.232. The van der Waals surface area contributed by atoms with Crippen LogP contribution in [0.15, 0.2) is 31.8 Å². The average Bonchev–Trinajstić information content (AvgIpc) is 3.10. The highest BCUT2D eigenvalue weighted by atomic mass is 79.9. The molecule has 96 valence electrons. The lowest BCUT2D eigenvalue weighted by Crippen LogP contribution is -2.00. The minimum Gasteiger partial charge on any atom is -0.444 e. The Bertz CT molecular complexity index is 716. The summed E-state index contributed by atoms with van der Waals surface area (Å²) in [6.45, 7) is 0.232. The number of furan rings is 1. The number of hydrogen-bond donors (Lipinski definition) is 0. The Hall–Kier alpha value is -2.29. The van der Waals surface area contributed by atoms with Gasteiger partial charge >= 0.3 is 0 Å². The van der Waals surface area contributed by atoms with E-state index >= 15 is 0 Å². The standard InChI is InChI=1S/C10H6BrN5O3/c11-8-2-1-7(18-8)10-14-13-9(19-10)4-16-3-6(5-17)12-15-16/h1-3,5H,4H2. The SMILES string of the molecule is O=Cc1cn(Cc2nnc(-c3ccc(Br)o3)o2)nn1. The zero-order valence-electron chi connectivity index (χ0n) is 9.36. The van der Waals surface area contributed by atoms with Gasteiger partial charge in [-0.1, -0.05) is 5.21 Å². The number of carbonyl (C=O) groups is 1. The van der Waals surface area contributed by atoms with Crippen molar-refractivity contribution in [3.05, 3.63) is 34.6 Å². The fraction of sp³-hybridized carbons (Fsp3) is 0.100. The van der Waals surface area contributed by atoms with Crippen LogP contribution in [-0.4, -0.2) is 31.5 Å². The third-order valence-corrected chi connectivity index (χ3v) is 2.65. The molecule has 0 aliphatic rings. The highest BCUT2D eigenvalue weighted by molar-refractivity contribution is 9.10. The zero-order valence-corrected chi connectivity index (χ0v) is 10.9. The van der Waals surface area contributed by atoms with Gasteiger partial charge in [0.1, 0.15) is 12.2 Å². The molecule has 0 aliphatic heterocycles. The summed E-state index contributed by atoms with van der Waals surface area (Å²) in [4.78, 5) is 10.5. The normalized spacial score (nSPS) is 10.8. The van der Waals surface area contributed by atoms with Gasteiger partial charge in [0, 0.05) is 0 Å². The third kappa shape index (κ3) is 2.45. The van der Waals surface area contributed by atoms with Crippen molar-refractivity contribution in [3.8, 4) is 11.7 Å². The molecule has 3 aromatic heterocycles. The predicted octanol–water partition coefficient (Wildman–Crippen LogP) is 1.54. The Morgan fingerprint density at radius 2 is 2.16 bits per heavy atom. The molecule has 9 heteroatoms. The first kappa shape index (κ1) is 11.8. The van der Waals surface area contributed by atoms with Crippen LogP contribution in [0, 0.1) is 0 Å². The first-order valence-electron chi connectivity index (χ1n) is 5.18. The molecule has 0 saturated heterocycles. The lowest BCUT2D eigenvalue weighted by atomic mass is 10.4. The van der Waals surface area contributed by atoms with E-state index in [0.29, 0.717) is 22.6 Å². The van der Waals surface area contributed by atoms with E-state index < -0.39 is 0 Å². The summed E-state index contributed by atoms with van der Waals surface area (Å²) in [7, 11) is 0. The van der Waals surface area contributed by atoms with Crippen molar-refractivity contribution in [1.82, 2.24) is 25.2 Å². The van der Waals surface area contributed by atoms with Crippen LogP contribution in [-0.2, 0) is 6.54 Å². The lowest BCUT2D eigenvalue weighted by molar-refractivity contribution is 0.111. The van der Waals surface area contributed by atoms with Crippen LogP contribution in [0.2, 0.25) is 0 Å². The molecule has 0 atom stereocenters. The molecule has 3 rings (SSSR count). The highest BCUT2D eigenvalue weighted by Crippen LogP contribution is 2.23. The number of aldehydes is 1. The molecule has 0 bridgehead atoms. The Kier molecular flexibility index (Phi) is 2.95. The quantitative estimate of drug-likeness (QED) is 0.671. The maximum Gasteiger partial charge on any atom is 0.283 e. The van der Waals surface area contributed by atoms with Crippen molar-refractivity contribution in [2.24, 2.45) is 0 Å². The Morgan fingerprint density at radius 3 is 2.84 bits per heavy atom. The molecule has 0 spiro atoms. The molecule has 0 saturated carbocycles. The maximum absolute atomic E-state index is 10.5.